The Hall–Kier alpha value is 0. The van der Waals surface area contributed by atoms with Crippen molar-refractivity contribution in [2.24, 2.45) is 16.7 Å². The summed E-state index contributed by atoms with van der Waals surface area (Å²) in [6, 6.07) is 0. The fourth-order valence-corrected chi connectivity index (χ4v) is 2.48. The average Bonchev–Trinajstić information content (AvgIpc) is 1.81. The third-order valence-electron chi connectivity index (χ3n) is 4.45. The molecule has 1 aliphatic rings. The lowest BCUT2D eigenvalue weighted by Crippen LogP contribution is -2.42. The highest BCUT2D eigenvalue weighted by Crippen LogP contribution is 2.53. The van der Waals surface area contributed by atoms with Crippen LogP contribution in [0.15, 0.2) is 0 Å². The molecule has 72 valence electrons. The molecule has 0 bridgehead atoms. The van der Waals surface area contributed by atoms with Crippen LogP contribution in [-0.2, 0) is 0 Å². The monoisotopic (exact) mass is 168 g/mol. The van der Waals surface area contributed by atoms with Gasteiger partial charge in [-0.2, -0.15) is 0 Å². The van der Waals surface area contributed by atoms with Crippen molar-refractivity contribution >= 4 is 0 Å². The van der Waals surface area contributed by atoms with Gasteiger partial charge in [0.05, 0.1) is 0 Å². The lowest BCUT2D eigenvalue weighted by molar-refractivity contribution is -0.0115. The molecule has 0 aromatic rings. The lowest BCUT2D eigenvalue weighted by atomic mass is 9.54. The molecular formula is C12H24. The predicted octanol–water partition coefficient (Wildman–Crippen LogP) is 4.25. The summed E-state index contributed by atoms with van der Waals surface area (Å²) in [5.74, 6) is 1.00. The largest absolute Gasteiger partial charge is 0.0648 e. The summed E-state index contributed by atoms with van der Waals surface area (Å²) in [5.41, 5.74) is 1.05. The maximum absolute atomic E-state index is 2.48. The van der Waals surface area contributed by atoms with Crippen molar-refractivity contribution in [1.29, 1.82) is 0 Å². The van der Waals surface area contributed by atoms with Crippen molar-refractivity contribution in [3.05, 3.63) is 0 Å². The number of hydrogen-bond acceptors (Lipinski definition) is 0. The Labute approximate surface area is 77.7 Å². The number of hydrogen-bond donors (Lipinski definition) is 0. The molecule has 0 aromatic heterocycles. The zero-order valence-corrected chi connectivity index (χ0v) is 9.41. The third-order valence-corrected chi connectivity index (χ3v) is 4.45. The first-order valence-corrected chi connectivity index (χ1v) is 5.42. The topological polar surface area (TPSA) is 0 Å². The van der Waals surface area contributed by atoms with Crippen molar-refractivity contribution < 1.29 is 0 Å². The molecule has 0 radical (unpaired) electrons. The van der Waals surface area contributed by atoms with Crippen LogP contribution >= 0.6 is 0 Å². The second-order valence-corrected chi connectivity index (χ2v) is 5.65. The van der Waals surface area contributed by atoms with Crippen LogP contribution in [0.2, 0.25) is 0 Å². The van der Waals surface area contributed by atoms with Crippen LogP contribution in [0.3, 0.4) is 0 Å². The highest BCUT2D eigenvalue weighted by molar-refractivity contribution is 4.94. The van der Waals surface area contributed by atoms with Crippen molar-refractivity contribution in [2.75, 3.05) is 0 Å². The van der Waals surface area contributed by atoms with Gasteiger partial charge >= 0.3 is 0 Å². The van der Waals surface area contributed by atoms with Gasteiger partial charge in [-0.1, -0.05) is 41.0 Å². The fourth-order valence-electron chi connectivity index (χ4n) is 2.48. The molecule has 0 nitrogen and oxygen atoms in total. The first kappa shape index (κ1) is 10.1. The van der Waals surface area contributed by atoms with Crippen molar-refractivity contribution in [2.45, 2.75) is 60.3 Å². The zero-order chi connectivity index (χ0) is 9.41. The minimum absolute atomic E-state index is 0.479. The van der Waals surface area contributed by atoms with E-state index in [4.69, 9.17) is 0 Å². The van der Waals surface area contributed by atoms with Gasteiger partial charge in [0.2, 0.25) is 0 Å². The van der Waals surface area contributed by atoms with Crippen LogP contribution in [0.5, 0.6) is 0 Å². The van der Waals surface area contributed by atoms with Gasteiger partial charge in [0.15, 0.2) is 0 Å². The molecule has 0 heterocycles. The maximum Gasteiger partial charge on any atom is -0.0252 e. The maximum atomic E-state index is 2.48. The predicted molar refractivity (Wildman–Crippen MR) is 55.2 cm³/mol. The first-order valence-electron chi connectivity index (χ1n) is 5.42. The highest BCUT2D eigenvalue weighted by atomic mass is 14.5. The van der Waals surface area contributed by atoms with E-state index in [9.17, 15) is 0 Å². The summed E-state index contributed by atoms with van der Waals surface area (Å²) in [7, 11) is 0. The summed E-state index contributed by atoms with van der Waals surface area (Å²) in [4.78, 5) is 0. The SMILES string of the molecule is CCC(C)(C1CCC1)C(C)(C)C. The molecule has 1 saturated carbocycles. The van der Waals surface area contributed by atoms with E-state index in [0.29, 0.717) is 10.8 Å². The minimum atomic E-state index is 0.479. The van der Waals surface area contributed by atoms with E-state index in [0.717, 1.165) is 5.92 Å². The van der Waals surface area contributed by atoms with Gasteiger partial charge < -0.3 is 0 Å². The molecular weight excluding hydrogens is 144 g/mol. The first-order chi connectivity index (χ1) is 5.42. The normalized spacial score (nSPS) is 24.8. The molecule has 0 amide bonds. The third kappa shape index (κ3) is 1.41. The molecule has 0 heteroatoms. The molecule has 0 aliphatic heterocycles. The van der Waals surface area contributed by atoms with Crippen LogP contribution in [0.4, 0.5) is 0 Å². The minimum Gasteiger partial charge on any atom is -0.0648 e. The van der Waals surface area contributed by atoms with Crippen molar-refractivity contribution in [1.82, 2.24) is 0 Å². The lowest BCUT2D eigenvalue weighted by Gasteiger charge is -2.51. The summed E-state index contributed by atoms with van der Waals surface area (Å²) >= 11 is 0. The molecule has 12 heavy (non-hydrogen) atoms. The van der Waals surface area contributed by atoms with E-state index in [1.165, 1.54) is 25.7 Å². The van der Waals surface area contributed by atoms with Crippen LogP contribution in [0.1, 0.15) is 60.3 Å². The smallest absolute Gasteiger partial charge is 0.0252 e. The Morgan fingerprint density at radius 2 is 1.58 bits per heavy atom. The summed E-state index contributed by atoms with van der Waals surface area (Å²) in [5, 5.41) is 0. The van der Waals surface area contributed by atoms with Gasteiger partial charge in [-0.3, -0.25) is 0 Å². The van der Waals surface area contributed by atoms with Gasteiger partial charge in [-0.25, -0.2) is 0 Å². The quantitative estimate of drug-likeness (QED) is 0.578. The van der Waals surface area contributed by atoms with Crippen LogP contribution in [-0.4, -0.2) is 0 Å². The summed E-state index contributed by atoms with van der Waals surface area (Å²) < 4.78 is 0. The average molecular weight is 168 g/mol. The summed E-state index contributed by atoms with van der Waals surface area (Å²) in [6.45, 7) is 12.0. The van der Waals surface area contributed by atoms with Crippen molar-refractivity contribution in [3.63, 3.8) is 0 Å². The Morgan fingerprint density at radius 3 is 1.67 bits per heavy atom. The molecule has 1 aliphatic carbocycles. The fraction of sp³-hybridized carbons (Fsp3) is 1.00. The second kappa shape index (κ2) is 3.05. The van der Waals surface area contributed by atoms with Crippen molar-refractivity contribution in [3.8, 4) is 0 Å². The Kier molecular flexibility index (Phi) is 2.56. The van der Waals surface area contributed by atoms with E-state index < -0.39 is 0 Å². The Morgan fingerprint density at radius 1 is 1.08 bits per heavy atom. The van der Waals surface area contributed by atoms with E-state index in [2.05, 4.69) is 34.6 Å². The van der Waals surface area contributed by atoms with Crippen LogP contribution < -0.4 is 0 Å². The Bertz CT molecular complexity index is 148. The molecule has 0 N–H and O–H groups in total. The molecule has 1 atom stereocenters. The van der Waals surface area contributed by atoms with Gasteiger partial charge in [0.1, 0.15) is 0 Å². The standard InChI is InChI=1S/C12H24/c1-6-12(5,11(2,3)4)10-8-7-9-10/h10H,6-9H2,1-5H3. The Balaban J connectivity index is 2.73. The van der Waals surface area contributed by atoms with E-state index in [1.54, 1.807) is 0 Å². The molecule has 0 spiro atoms. The zero-order valence-electron chi connectivity index (χ0n) is 9.41. The second-order valence-electron chi connectivity index (χ2n) is 5.65. The highest BCUT2D eigenvalue weighted by Gasteiger charge is 2.44. The van der Waals surface area contributed by atoms with Gasteiger partial charge in [0.25, 0.3) is 0 Å². The van der Waals surface area contributed by atoms with Crippen LogP contribution in [0.25, 0.3) is 0 Å². The van der Waals surface area contributed by atoms with Crippen LogP contribution in [0, 0.1) is 16.7 Å². The summed E-state index contributed by atoms with van der Waals surface area (Å²) in [6.07, 6.45) is 5.75. The molecule has 1 rings (SSSR count). The van der Waals surface area contributed by atoms with Gasteiger partial charge in [0, 0.05) is 0 Å². The van der Waals surface area contributed by atoms with Gasteiger partial charge in [-0.15, -0.1) is 0 Å². The van der Waals surface area contributed by atoms with E-state index in [-0.39, 0.29) is 0 Å². The molecule has 0 saturated heterocycles. The van der Waals surface area contributed by atoms with E-state index in [1.807, 2.05) is 0 Å². The molecule has 0 aromatic carbocycles. The molecule has 1 unspecified atom stereocenters. The number of rotatable bonds is 2. The van der Waals surface area contributed by atoms with Gasteiger partial charge in [-0.05, 0) is 36.0 Å². The molecule has 1 fully saturated rings. The van der Waals surface area contributed by atoms with E-state index >= 15 is 0 Å².